The van der Waals surface area contributed by atoms with Crippen LogP contribution in [0.4, 0.5) is 4.39 Å². The highest BCUT2D eigenvalue weighted by molar-refractivity contribution is 6.01. The predicted octanol–water partition coefficient (Wildman–Crippen LogP) is 4.58. The third-order valence-electron chi connectivity index (χ3n) is 5.75. The second kappa shape index (κ2) is 10.3. The van der Waals surface area contributed by atoms with Gasteiger partial charge in [-0.15, -0.1) is 0 Å². The van der Waals surface area contributed by atoms with E-state index in [2.05, 4.69) is 75.6 Å². The lowest BCUT2D eigenvalue weighted by Gasteiger charge is -2.39. The third kappa shape index (κ3) is 5.37. The summed E-state index contributed by atoms with van der Waals surface area (Å²) >= 11 is 0. The summed E-state index contributed by atoms with van der Waals surface area (Å²) in [7, 11) is 1.55. The van der Waals surface area contributed by atoms with Crippen molar-refractivity contribution < 1.29 is 9.23 Å². The Morgan fingerprint density at radius 1 is 0.839 bits per heavy atom. The average molecular weight is 418 g/mol. The van der Waals surface area contributed by atoms with Crippen molar-refractivity contribution in [1.82, 2.24) is 9.80 Å². The number of benzene rings is 3. The number of oxime groups is 1. The smallest absolute Gasteiger partial charge is 0.123 e. The van der Waals surface area contributed by atoms with Gasteiger partial charge in [0.2, 0.25) is 0 Å². The monoisotopic (exact) mass is 417 g/mol. The highest BCUT2D eigenvalue weighted by atomic mass is 19.1. The minimum Gasteiger partial charge on any atom is -0.399 e. The normalized spacial score (nSPS) is 15.9. The van der Waals surface area contributed by atoms with Crippen LogP contribution in [0.2, 0.25) is 0 Å². The van der Waals surface area contributed by atoms with Gasteiger partial charge in [-0.3, -0.25) is 9.80 Å². The van der Waals surface area contributed by atoms with Crippen LogP contribution in [-0.2, 0) is 4.84 Å². The zero-order chi connectivity index (χ0) is 21.5. The van der Waals surface area contributed by atoms with Gasteiger partial charge in [0.25, 0.3) is 0 Å². The number of piperazine rings is 1. The molecule has 0 aliphatic carbocycles. The Morgan fingerprint density at radius 2 is 1.39 bits per heavy atom. The van der Waals surface area contributed by atoms with Crippen LogP contribution in [0.1, 0.15) is 22.7 Å². The minimum absolute atomic E-state index is 0.244. The molecule has 0 atom stereocenters. The lowest BCUT2D eigenvalue weighted by Crippen LogP contribution is -2.49. The molecule has 160 valence electrons. The van der Waals surface area contributed by atoms with E-state index in [1.54, 1.807) is 19.2 Å². The van der Waals surface area contributed by atoms with Crippen LogP contribution in [-0.4, -0.2) is 55.3 Å². The van der Waals surface area contributed by atoms with Gasteiger partial charge < -0.3 is 4.84 Å². The van der Waals surface area contributed by atoms with E-state index in [9.17, 15) is 4.39 Å². The molecule has 4 rings (SSSR count). The number of rotatable bonds is 7. The van der Waals surface area contributed by atoms with E-state index in [0.29, 0.717) is 6.54 Å². The minimum atomic E-state index is -0.248. The Kier molecular flexibility index (Phi) is 7.07. The first kappa shape index (κ1) is 21.2. The van der Waals surface area contributed by atoms with Crippen LogP contribution in [0.3, 0.4) is 0 Å². The molecule has 0 radical (unpaired) electrons. The summed E-state index contributed by atoms with van der Waals surface area (Å²) in [5, 5.41) is 4.21. The summed E-state index contributed by atoms with van der Waals surface area (Å²) in [6.45, 7) is 4.45. The van der Waals surface area contributed by atoms with Crippen molar-refractivity contribution in [2.24, 2.45) is 5.16 Å². The second-order valence-electron chi connectivity index (χ2n) is 7.76. The standard InChI is InChI=1S/C26H28FN3O/c1-31-28-25(21-12-14-24(27)15-13-21)20-29-16-18-30(19-17-29)26(22-8-4-2-5-9-22)23-10-6-3-7-11-23/h2-15,26H,16-20H2,1H3/b28-25-. The molecule has 3 aromatic carbocycles. The van der Waals surface area contributed by atoms with Gasteiger partial charge in [-0.05, 0) is 23.3 Å². The first-order chi connectivity index (χ1) is 15.2. The zero-order valence-corrected chi connectivity index (χ0v) is 17.8. The van der Waals surface area contributed by atoms with E-state index in [-0.39, 0.29) is 11.9 Å². The van der Waals surface area contributed by atoms with Gasteiger partial charge in [0.05, 0.1) is 6.04 Å². The van der Waals surface area contributed by atoms with Crippen LogP contribution < -0.4 is 0 Å². The Morgan fingerprint density at radius 3 is 1.90 bits per heavy atom. The molecule has 1 heterocycles. The van der Waals surface area contributed by atoms with Crippen molar-refractivity contribution >= 4 is 5.71 Å². The van der Waals surface area contributed by atoms with Gasteiger partial charge in [0.15, 0.2) is 0 Å². The SMILES string of the molecule is CO/N=C(/CN1CCN(C(c2ccccc2)c2ccccc2)CC1)c1ccc(F)cc1. The molecule has 3 aromatic rings. The number of hydrogen-bond acceptors (Lipinski definition) is 4. The van der Waals surface area contributed by atoms with E-state index < -0.39 is 0 Å². The van der Waals surface area contributed by atoms with Crippen LogP contribution in [0.25, 0.3) is 0 Å². The first-order valence-electron chi connectivity index (χ1n) is 10.7. The molecule has 0 amide bonds. The fraction of sp³-hybridized carbons (Fsp3) is 0.269. The van der Waals surface area contributed by atoms with Gasteiger partial charge in [-0.25, -0.2) is 4.39 Å². The number of halogens is 1. The topological polar surface area (TPSA) is 28.1 Å². The molecule has 1 aliphatic heterocycles. The molecule has 0 aromatic heterocycles. The summed E-state index contributed by atoms with van der Waals surface area (Å²) in [5.41, 5.74) is 4.33. The second-order valence-corrected chi connectivity index (χ2v) is 7.76. The lowest BCUT2D eigenvalue weighted by molar-refractivity contribution is 0.119. The molecule has 5 heteroatoms. The quantitative estimate of drug-likeness (QED) is 0.416. The number of nitrogens with zero attached hydrogens (tertiary/aromatic N) is 3. The van der Waals surface area contributed by atoms with Crippen LogP contribution >= 0.6 is 0 Å². The van der Waals surface area contributed by atoms with Gasteiger partial charge in [-0.2, -0.15) is 0 Å². The Hall–Kier alpha value is -3.02. The molecular formula is C26H28FN3O. The van der Waals surface area contributed by atoms with Crippen molar-refractivity contribution in [1.29, 1.82) is 0 Å². The molecule has 4 nitrogen and oxygen atoms in total. The van der Waals surface area contributed by atoms with Crippen molar-refractivity contribution in [2.45, 2.75) is 6.04 Å². The van der Waals surface area contributed by atoms with Gasteiger partial charge >= 0.3 is 0 Å². The van der Waals surface area contributed by atoms with Crippen LogP contribution in [0, 0.1) is 5.82 Å². The highest BCUT2D eigenvalue weighted by Gasteiger charge is 2.27. The van der Waals surface area contributed by atoms with E-state index in [1.165, 1.54) is 23.3 Å². The van der Waals surface area contributed by atoms with Gasteiger partial charge in [0.1, 0.15) is 18.6 Å². The van der Waals surface area contributed by atoms with Gasteiger partial charge in [0, 0.05) is 38.3 Å². The summed E-state index contributed by atoms with van der Waals surface area (Å²) in [6.07, 6.45) is 0. The maximum atomic E-state index is 13.3. The molecule has 0 unspecified atom stereocenters. The Bertz CT molecular complexity index is 929. The maximum absolute atomic E-state index is 13.3. The predicted molar refractivity (Wildman–Crippen MR) is 123 cm³/mol. The lowest BCUT2D eigenvalue weighted by atomic mass is 9.96. The van der Waals surface area contributed by atoms with E-state index in [1.807, 2.05) is 0 Å². The molecule has 0 saturated carbocycles. The molecule has 0 bridgehead atoms. The molecule has 1 saturated heterocycles. The molecule has 1 aliphatic rings. The van der Waals surface area contributed by atoms with E-state index >= 15 is 0 Å². The van der Waals surface area contributed by atoms with Crippen LogP contribution in [0.5, 0.6) is 0 Å². The molecular weight excluding hydrogens is 389 g/mol. The summed E-state index contributed by atoms with van der Waals surface area (Å²) in [5.74, 6) is -0.248. The van der Waals surface area contributed by atoms with Crippen molar-refractivity contribution in [3.05, 3.63) is 107 Å². The number of hydrogen-bond donors (Lipinski definition) is 0. The molecule has 0 N–H and O–H groups in total. The molecule has 0 spiro atoms. The largest absolute Gasteiger partial charge is 0.399 e. The Labute approximate surface area is 183 Å². The highest BCUT2D eigenvalue weighted by Crippen LogP contribution is 2.29. The van der Waals surface area contributed by atoms with E-state index in [0.717, 1.165) is 37.5 Å². The molecule has 31 heavy (non-hydrogen) atoms. The van der Waals surface area contributed by atoms with Crippen molar-refractivity contribution in [3.63, 3.8) is 0 Å². The van der Waals surface area contributed by atoms with E-state index in [4.69, 9.17) is 4.84 Å². The van der Waals surface area contributed by atoms with Crippen molar-refractivity contribution in [3.8, 4) is 0 Å². The zero-order valence-electron chi connectivity index (χ0n) is 17.8. The van der Waals surface area contributed by atoms with Crippen LogP contribution in [0.15, 0.2) is 90.1 Å². The summed E-state index contributed by atoms with van der Waals surface area (Å²) in [4.78, 5) is 9.99. The van der Waals surface area contributed by atoms with Gasteiger partial charge in [-0.1, -0.05) is 78.0 Å². The maximum Gasteiger partial charge on any atom is 0.123 e. The fourth-order valence-electron chi connectivity index (χ4n) is 4.20. The Balaban J connectivity index is 1.46. The third-order valence-corrected chi connectivity index (χ3v) is 5.75. The average Bonchev–Trinajstić information content (AvgIpc) is 2.82. The van der Waals surface area contributed by atoms with Crippen molar-refractivity contribution in [2.75, 3.05) is 39.8 Å². The summed E-state index contributed by atoms with van der Waals surface area (Å²) in [6, 6.07) is 28.1. The molecule has 1 fully saturated rings. The first-order valence-corrected chi connectivity index (χ1v) is 10.7. The fourth-order valence-corrected chi connectivity index (χ4v) is 4.20. The summed E-state index contributed by atoms with van der Waals surface area (Å²) < 4.78 is 13.3.